The third-order valence-corrected chi connectivity index (χ3v) is 2.03. The standard InChI is InChI=1S/C11H13F3/c1-2-5-9-6-3-4-7-10(9)8-11(12,13)14/h3-4,6-7H,2,5,8H2,1H3. The van der Waals surface area contributed by atoms with Crippen LogP contribution < -0.4 is 0 Å². The van der Waals surface area contributed by atoms with E-state index in [1.165, 1.54) is 0 Å². The second-order valence-electron chi connectivity index (χ2n) is 3.31. The van der Waals surface area contributed by atoms with E-state index in [2.05, 4.69) is 0 Å². The molecule has 0 N–H and O–H groups in total. The number of hydrogen-bond donors (Lipinski definition) is 0. The highest BCUT2D eigenvalue weighted by Crippen LogP contribution is 2.23. The Balaban J connectivity index is 2.84. The van der Waals surface area contributed by atoms with E-state index in [9.17, 15) is 13.2 Å². The molecule has 0 aliphatic rings. The van der Waals surface area contributed by atoms with Crippen LogP contribution in [0.4, 0.5) is 13.2 Å². The molecule has 0 atom stereocenters. The molecule has 78 valence electrons. The summed E-state index contributed by atoms with van der Waals surface area (Å²) >= 11 is 0. The van der Waals surface area contributed by atoms with Gasteiger partial charge in [0.2, 0.25) is 0 Å². The molecule has 0 nitrogen and oxygen atoms in total. The Labute approximate surface area is 81.8 Å². The highest BCUT2D eigenvalue weighted by Gasteiger charge is 2.28. The average molecular weight is 202 g/mol. The summed E-state index contributed by atoms with van der Waals surface area (Å²) in [5.41, 5.74) is 1.22. The summed E-state index contributed by atoms with van der Waals surface area (Å²) in [5, 5.41) is 0. The first kappa shape index (κ1) is 11.1. The van der Waals surface area contributed by atoms with Crippen molar-refractivity contribution in [3.8, 4) is 0 Å². The fourth-order valence-electron chi connectivity index (χ4n) is 1.46. The molecule has 0 saturated carbocycles. The first-order chi connectivity index (χ1) is 6.53. The molecular formula is C11H13F3. The molecule has 0 radical (unpaired) electrons. The van der Waals surface area contributed by atoms with Crippen LogP contribution in [-0.4, -0.2) is 6.18 Å². The number of hydrogen-bond acceptors (Lipinski definition) is 0. The first-order valence-corrected chi connectivity index (χ1v) is 4.66. The van der Waals surface area contributed by atoms with Gasteiger partial charge in [-0.15, -0.1) is 0 Å². The van der Waals surface area contributed by atoms with Gasteiger partial charge in [0.05, 0.1) is 6.42 Å². The van der Waals surface area contributed by atoms with E-state index in [1.54, 1.807) is 24.3 Å². The van der Waals surface area contributed by atoms with Crippen LogP contribution in [0.5, 0.6) is 0 Å². The Kier molecular flexibility index (Phi) is 3.55. The van der Waals surface area contributed by atoms with Crippen molar-refractivity contribution < 1.29 is 13.2 Å². The van der Waals surface area contributed by atoms with Crippen LogP contribution in [0.25, 0.3) is 0 Å². The predicted octanol–water partition coefficient (Wildman–Crippen LogP) is 3.74. The van der Waals surface area contributed by atoms with Gasteiger partial charge in [0.25, 0.3) is 0 Å². The third kappa shape index (κ3) is 3.40. The Hall–Kier alpha value is -0.990. The van der Waals surface area contributed by atoms with E-state index in [0.717, 1.165) is 12.0 Å². The topological polar surface area (TPSA) is 0 Å². The molecule has 14 heavy (non-hydrogen) atoms. The molecule has 0 unspecified atom stereocenters. The normalized spacial score (nSPS) is 11.7. The second kappa shape index (κ2) is 4.49. The lowest BCUT2D eigenvalue weighted by Crippen LogP contribution is -2.13. The van der Waals surface area contributed by atoms with Crippen molar-refractivity contribution in [1.82, 2.24) is 0 Å². The highest BCUT2D eigenvalue weighted by atomic mass is 19.4. The van der Waals surface area contributed by atoms with Crippen molar-refractivity contribution in [2.45, 2.75) is 32.4 Å². The summed E-state index contributed by atoms with van der Waals surface area (Å²) in [6, 6.07) is 6.76. The van der Waals surface area contributed by atoms with Crippen molar-refractivity contribution in [2.24, 2.45) is 0 Å². The van der Waals surface area contributed by atoms with Gasteiger partial charge in [-0.2, -0.15) is 13.2 Å². The number of rotatable bonds is 3. The van der Waals surface area contributed by atoms with Gasteiger partial charge >= 0.3 is 6.18 Å². The third-order valence-electron chi connectivity index (χ3n) is 2.03. The van der Waals surface area contributed by atoms with Gasteiger partial charge in [0.1, 0.15) is 0 Å². The highest BCUT2D eigenvalue weighted by molar-refractivity contribution is 5.27. The van der Waals surface area contributed by atoms with Gasteiger partial charge in [0, 0.05) is 0 Å². The molecule has 0 saturated heterocycles. The van der Waals surface area contributed by atoms with Crippen molar-refractivity contribution in [3.05, 3.63) is 35.4 Å². The fourth-order valence-corrected chi connectivity index (χ4v) is 1.46. The van der Waals surface area contributed by atoms with Crippen LogP contribution >= 0.6 is 0 Å². The molecule has 0 heterocycles. The van der Waals surface area contributed by atoms with Crippen LogP contribution in [0.3, 0.4) is 0 Å². The molecule has 1 rings (SSSR count). The van der Waals surface area contributed by atoms with Gasteiger partial charge < -0.3 is 0 Å². The Morgan fingerprint density at radius 2 is 1.64 bits per heavy atom. The largest absolute Gasteiger partial charge is 0.393 e. The van der Waals surface area contributed by atoms with E-state index in [4.69, 9.17) is 0 Å². The van der Waals surface area contributed by atoms with Crippen LogP contribution in [0.1, 0.15) is 24.5 Å². The van der Waals surface area contributed by atoms with Crippen LogP contribution in [0.2, 0.25) is 0 Å². The van der Waals surface area contributed by atoms with Gasteiger partial charge in [-0.1, -0.05) is 37.6 Å². The van der Waals surface area contributed by atoms with E-state index in [1.807, 2.05) is 6.92 Å². The zero-order chi connectivity index (χ0) is 10.6. The number of alkyl halides is 3. The SMILES string of the molecule is CCCc1ccccc1CC(F)(F)F. The van der Waals surface area contributed by atoms with Crippen molar-refractivity contribution in [3.63, 3.8) is 0 Å². The molecule has 0 aliphatic carbocycles. The van der Waals surface area contributed by atoms with Crippen molar-refractivity contribution >= 4 is 0 Å². The summed E-state index contributed by atoms with van der Waals surface area (Å²) < 4.78 is 36.5. The second-order valence-corrected chi connectivity index (χ2v) is 3.31. The zero-order valence-electron chi connectivity index (χ0n) is 8.06. The van der Waals surface area contributed by atoms with E-state index in [-0.39, 0.29) is 0 Å². The zero-order valence-corrected chi connectivity index (χ0v) is 8.06. The summed E-state index contributed by atoms with van der Waals surface area (Å²) in [7, 11) is 0. The van der Waals surface area contributed by atoms with Crippen LogP contribution in [0.15, 0.2) is 24.3 Å². The maximum atomic E-state index is 12.2. The lowest BCUT2D eigenvalue weighted by molar-refractivity contribution is -0.127. The fraction of sp³-hybridized carbons (Fsp3) is 0.455. The lowest BCUT2D eigenvalue weighted by Gasteiger charge is -2.10. The Morgan fingerprint density at radius 1 is 1.07 bits per heavy atom. The van der Waals surface area contributed by atoms with E-state index in [0.29, 0.717) is 12.0 Å². The number of halogens is 3. The van der Waals surface area contributed by atoms with Crippen molar-refractivity contribution in [2.75, 3.05) is 0 Å². The quantitative estimate of drug-likeness (QED) is 0.700. The molecule has 0 fully saturated rings. The summed E-state index contributed by atoms with van der Waals surface area (Å²) in [4.78, 5) is 0. The lowest BCUT2D eigenvalue weighted by atomic mass is 10.0. The minimum Gasteiger partial charge on any atom is -0.171 e. The molecule has 0 bridgehead atoms. The Morgan fingerprint density at radius 3 is 2.14 bits per heavy atom. The van der Waals surface area contributed by atoms with Crippen molar-refractivity contribution in [1.29, 1.82) is 0 Å². The molecule has 0 aromatic heterocycles. The van der Waals surface area contributed by atoms with Gasteiger partial charge in [0.15, 0.2) is 0 Å². The molecule has 1 aromatic carbocycles. The number of benzene rings is 1. The van der Waals surface area contributed by atoms with Gasteiger partial charge in [-0.05, 0) is 17.5 Å². The first-order valence-electron chi connectivity index (χ1n) is 4.66. The Bertz CT molecular complexity index is 289. The molecule has 0 aliphatic heterocycles. The maximum Gasteiger partial charge on any atom is 0.393 e. The molecule has 1 aromatic rings. The molecular weight excluding hydrogens is 189 g/mol. The summed E-state index contributed by atoms with van der Waals surface area (Å²) in [6.07, 6.45) is -3.34. The smallest absolute Gasteiger partial charge is 0.171 e. The average Bonchev–Trinajstić information content (AvgIpc) is 2.06. The minimum absolute atomic E-state index is 0.404. The van der Waals surface area contributed by atoms with E-state index < -0.39 is 12.6 Å². The maximum absolute atomic E-state index is 12.2. The van der Waals surface area contributed by atoms with Gasteiger partial charge in [-0.3, -0.25) is 0 Å². The molecule has 3 heteroatoms. The summed E-state index contributed by atoms with van der Waals surface area (Å²) in [5.74, 6) is 0. The van der Waals surface area contributed by atoms with Crippen LogP contribution in [-0.2, 0) is 12.8 Å². The van der Waals surface area contributed by atoms with Gasteiger partial charge in [-0.25, -0.2) is 0 Å². The number of aryl methyl sites for hydroxylation is 1. The summed E-state index contributed by atoms with van der Waals surface area (Å²) in [6.45, 7) is 1.96. The molecule has 0 spiro atoms. The van der Waals surface area contributed by atoms with Crippen LogP contribution in [0, 0.1) is 0 Å². The predicted molar refractivity (Wildman–Crippen MR) is 50.2 cm³/mol. The monoisotopic (exact) mass is 202 g/mol. The van der Waals surface area contributed by atoms with E-state index >= 15 is 0 Å². The minimum atomic E-state index is -4.11. The molecule has 0 amide bonds.